The van der Waals surface area contributed by atoms with Crippen molar-refractivity contribution in [3.05, 3.63) is 66.3 Å². The number of hydrogen-bond donors (Lipinski definition) is 3. The standard InChI is InChI=1S/C27H32N6O2/c1-4-15-33-22(13-14-28-33)26(34)30-25(24(19-5-6-19)20-7-8-20)27(35)29-21-11-9-18(10-12-21)23-16(2)31-32-17(23)3/h4,9-14,19-20,24-25H,1,5-8,15H2,2-3H3,(H,29,35)(H,30,34)(H,31,32)/t25-/m0/s1. The normalized spacial score (nSPS) is 16.2. The van der Waals surface area contributed by atoms with Gasteiger partial charge in [0.05, 0.1) is 12.2 Å². The summed E-state index contributed by atoms with van der Waals surface area (Å²) in [6.45, 7) is 8.13. The number of nitrogens with zero attached hydrogens (tertiary/aromatic N) is 3. The average molecular weight is 473 g/mol. The van der Waals surface area contributed by atoms with Crippen LogP contribution in [0.25, 0.3) is 11.1 Å². The molecule has 3 aromatic rings. The van der Waals surface area contributed by atoms with Gasteiger partial charge in [-0.15, -0.1) is 6.58 Å². The fourth-order valence-electron chi connectivity index (χ4n) is 5.15. The zero-order valence-corrected chi connectivity index (χ0v) is 20.3. The van der Waals surface area contributed by atoms with E-state index in [4.69, 9.17) is 0 Å². The third-order valence-electron chi connectivity index (χ3n) is 7.11. The highest BCUT2D eigenvalue weighted by Crippen LogP contribution is 2.51. The number of carbonyl (C=O) groups is 2. The highest BCUT2D eigenvalue weighted by atomic mass is 16.2. The van der Waals surface area contributed by atoms with Gasteiger partial charge in [0.25, 0.3) is 5.91 Å². The molecule has 8 nitrogen and oxygen atoms in total. The summed E-state index contributed by atoms with van der Waals surface area (Å²) in [6, 6.07) is 8.87. The summed E-state index contributed by atoms with van der Waals surface area (Å²) in [6.07, 6.45) is 7.76. The van der Waals surface area contributed by atoms with Crippen LogP contribution in [0.2, 0.25) is 0 Å². The Labute approximate surface area is 205 Å². The molecule has 2 aromatic heterocycles. The topological polar surface area (TPSA) is 105 Å². The maximum atomic E-state index is 13.6. The maximum absolute atomic E-state index is 13.6. The van der Waals surface area contributed by atoms with E-state index in [1.54, 1.807) is 23.0 Å². The van der Waals surface area contributed by atoms with Gasteiger partial charge >= 0.3 is 0 Å². The van der Waals surface area contributed by atoms with Gasteiger partial charge in [-0.3, -0.25) is 19.4 Å². The van der Waals surface area contributed by atoms with Crippen LogP contribution in [0.4, 0.5) is 5.69 Å². The van der Waals surface area contributed by atoms with Crippen molar-refractivity contribution in [2.45, 2.75) is 52.1 Å². The molecule has 2 saturated carbocycles. The molecule has 0 bridgehead atoms. The van der Waals surface area contributed by atoms with E-state index in [2.05, 4.69) is 32.5 Å². The lowest BCUT2D eigenvalue weighted by Gasteiger charge is -2.27. The number of nitrogens with one attached hydrogen (secondary N) is 3. The summed E-state index contributed by atoms with van der Waals surface area (Å²) in [5, 5.41) is 17.6. The third-order valence-corrected chi connectivity index (χ3v) is 7.11. The van der Waals surface area contributed by atoms with Crippen molar-refractivity contribution in [1.29, 1.82) is 0 Å². The Morgan fingerprint density at radius 1 is 1.14 bits per heavy atom. The summed E-state index contributed by atoms with van der Waals surface area (Å²) in [5.74, 6) is 0.694. The lowest BCUT2D eigenvalue weighted by molar-refractivity contribution is -0.119. The summed E-state index contributed by atoms with van der Waals surface area (Å²) in [7, 11) is 0. The first-order valence-electron chi connectivity index (χ1n) is 12.3. The van der Waals surface area contributed by atoms with Gasteiger partial charge in [-0.05, 0) is 81.0 Å². The van der Waals surface area contributed by atoms with E-state index in [0.29, 0.717) is 29.8 Å². The predicted molar refractivity (Wildman–Crippen MR) is 135 cm³/mol. The van der Waals surface area contributed by atoms with Gasteiger partial charge in [0.15, 0.2) is 0 Å². The smallest absolute Gasteiger partial charge is 0.270 e. The number of allylic oxidation sites excluding steroid dienone is 1. The van der Waals surface area contributed by atoms with E-state index < -0.39 is 6.04 Å². The molecule has 1 aromatic carbocycles. The van der Waals surface area contributed by atoms with Gasteiger partial charge in [0.2, 0.25) is 5.91 Å². The minimum atomic E-state index is -0.590. The van der Waals surface area contributed by atoms with Gasteiger partial charge in [-0.25, -0.2) is 0 Å². The van der Waals surface area contributed by atoms with Crippen LogP contribution in [0.1, 0.15) is 47.6 Å². The van der Waals surface area contributed by atoms with Crippen LogP contribution >= 0.6 is 0 Å². The minimum absolute atomic E-state index is 0.158. The first-order valence-corrected chi connectivity index (χ1v) is 12.3. The van der Waals surface area contributed by atoms with Crippen LogP contribution in [0.3, 0.4) is 0 Å². The van der Waals surface area contributed by atoms with Crippen molar-refractivity contribution >= 4 is 17.5 Å². The van der Waals surface area contributed by atoms with Crippen molar-refractivity contribution in [2.24, 2.45) is 17.8 Å². The molecule has 0 spiro atoms. The van der Waals surface area contributed by atoms with E-state index in [9.17, 15) is 9.59 Å². The molecule has 3 N–H and O–H groups in total. The van der Waals surface area contributed by atoms with Crippen molar-refractivity contribution in [3.63, 3.8) is 0 Å². The Kier molecular flexibility index (Phi) is 6.28. The third kappa shape index (κ3) is 4.92. The van der Waals surface area contributed by atoms with Crippen molar-refractivity contribution in [2.75, 3.05) is 5.32 Å². The molecule has 8 heteroatoms. The first kappa shape index (κ1) is 23.1. The molecular weight excluding hydrogens is 440 g/mol. The molecule has 2 amide bonds. The zero-order valence-electron chi connectivity index (χ0n) is 20.3. The summed E-state index contributed by atoms with van der Waals surface area (Å²) in [5.41, 5.74) is 5.21. The summed E-state index contributed by atoms with van der Waals surface area (Å²) >= 11 is 0. The number of carbonyl (C=O) groups excluding carboxylic acids is 2. The lowest BCUT2D eigenvalue weighted by Crippen LogP contribution is -2.50. The van der Waals surface area contributed by atoms with E-state index in [-0.39, 0.29) is 17.7 Å². The highest BCUT2D eigenvalue weighted by molar-refractivity contribution is 6.01. The molecular formula is C27H32N6O2. The Morgan fingerprint density at radius 3 is 2.40 bits per heavy atom. The fourth-order valence-corrected chi connectivity index (χ4v) is 5.15. The van der Waals surface area contributed by atoms with Crippen LogP contribution in [0, 0.1) is 31.6 Å². The van der Waals surface area contributed by atoms with Crippen LogP contribution in [0.15, 0.2) is 49.2 Å². The van der Waals surface area contributed by atoms with Crippen LogP contribution in [0.5, 0.6) is 0 Å². The number of anilines is 1. The van der Waals surface area contributed by atoms with Gasteiger partial charge in [-0.1, -0.05) is 18.2 Å². The molecule has 35 heavy (non-hydrogen) atoms. The lowest BCUT2D eigenvalue weighted by atomic mass is 9.88. The number of benzene rings is 1. The molecule has 0 radical (unpaired) electrons. The molecule has 1 atom stereocenters. The zero-order chi connectivity index (χ0) is 24.5. The number of hydrogen-bond acceptors (Lipinski definition) is 4. The van der Waals surface area contributed by atoms with Gasteiger partial charge in [0, 0.05) is 23.1 Å². The van der Waals surface area contributed by atoms with E-state index in [1.165, 1.54) is 0 Å². The van der Waals surface area contributed by atoms with Crippen LogP contribution in [-0.4, -0.2) is 37.8 Å². The number of rotatable bonds is 10. The molecule has 2 aliphatic carbocycles. The number of H-pyrrole nitrogens is 1. The molecule has 0 saturated heterocycles. The Bertz CT molecular complexity index is 1200. The largest absolute Gasteiger partial charge is 0.339 e. The van der Waals surface area contributed by atoms with Crippen LogP contribution < -0.4 is 10.6 Å². The molecule has 5 rings (SSSR count). The van der Waals surface area contributed by atoms with Crippen LogP contribution in [-0.2, 0) is 11.3 Å². The molecule has 2 aliphatic rings. The molecule has 2 fully saturated rings. The second-order valence-electron chi connectivity index (χ2n) is 9.77. The highest BCUT2D eigenvalue weighted by Gasteiger charge is 2.48. The number of amides is 2. The second kappa shape index (κ2) is 9.52. The van der Waals surface area contributed by atoms with E-state index in [0.717, 1.165) is 48.2 Å². The van der Waals surface area contributed by atoms with E-state index in [1.807, 2.05) is 38.1 Å². The SMILES string of the molecule is C=CCn1nccc1C(=O)N[C@H](C(=O)Nc1ccc(-c2c(C)n[nH]c2C)cc1)C(C1CC1)C1CC1. The van der Waals surface area contributed by atoms with Crippen molar-refractivity contribution in [3.8, 4) is 11.1 Å². The van der Waals surface area contributed by atoms with Gasteiger partial charge in [-0.2, -0.15) is 10.2 Å². The monoisotopic (exact) mass is 472 g/mol. The molecule has 2 heterocycles. The summed E-state index contributed by atoms with van der Waals surface area (Å²) < 4.78 is 1.60. The fraction of sp³-hybridized carbons (Fsp3) is 0.407. The number of aromatic amines is 1. The summed E-state index contributed by atoms with van der Waals surface area (Å²) in [4.78, 5) is 26.8. The quantitative estimate of drug-likeness (QED) is 0.384. The Morgan fingerprint density at radius 2 is 1.83 bits per heavy atom. The van der Waals surface area contributed by atoms with Crippen molar-refractivity contribution in [1.82, 2.24) is 25.3 Å². The van der Waals surface area contributed by atoms with Gasteiger partial charge in [0.1, 0.15) is 11.7 Å². The van der Waals surface area contributed by atoms with E-state index >= 15 is 0 Å². The van der Waals surface area contributed by atoms with Crippen molar-refractivity contribution < 1.29 is 9.59 Å². The molecule has 182 valence electrons. The Balaban J connectivity index is 1.35. The predicted octanol–water partition coefficient (Wildman–Crippen LogP) is 4.25. The maximum Gasteiger partial charge on any atom is 0.270 e. The minimum Gasteiger partial charge on any atom is -0.339 e. The van der Waals surface area contributed by atoms with Gasteiger partial charge < -0.3 is 10.6 Å². The Hall–Kier alpha value is -3.68. The second-order valence-corrected chi connectivity index (χ2v) is 9.77. The number of aryl methyl sites for hydroxylation is 2. The molecule has 0 aliphatic heterocycles. The average Bonchev–Trinajstić information content (AvgIpc) is 3.77. The molecule has 0 unspecified atom stereocenters. The first-order chi connectivity index (χ1) is 17.0. The number of aromatic nitrogens is 4.